The van der Waals surface area contributed by atoms with Crippen LogP contribution in [0.4, 0.5) is 0 Å². The highest BCUT2D eigenvalue weighted by atomic mass is 35.5. The Morgan fingerprint density at radius 1 is 0.960 bits per heavy atom. The Morgan fingerprint density at radius 2 is 1.60 bits per heavy atom. The first-order chi connectivity index (χ1) is 12.0. The van der Waals surface area contributed by atoms with Crippen molar-refractivity contribution in [1.82, 2.24) is 4.90 Å². The van der Waals surface area contributed by atoms with Crippen molar-refractivity contribution in [2.75, 3.05) is 28.4 Å². The van der Waals surface area contributed by atoms with Crippen molar-refractivity contribution in [3.63, 3.8) is 0 Å². The van der Waals surface area contributed by atoms with Gasteiger partial charge in [0.1, 0.15) is 5.75 Å². The molecule has 6 heteroatoms. The molecule has 0 N–H and O–H groups in total. The average Bonchev–Trinajstić information content (AvgIpc) is 2.61. The minimum atomic E-state index is -0.0192. The van der Waals surface area contributed by atoms with E-state index < -0.39 is 0 Å². The van der Waals surface area contributed by atoms with Crippen LogP contribution in [0.25, 0.3) is 0 Å². The first kappa shape index (κ1) is 18.9. The summed E-state index contributed by atoms with van der Waals surface area (Å²) >= 11 is 6.04. The molecule has 5 nitrogen and oxygen atoms in total. The van der Waals surface area contributed by atoms with Crippen molar-refractivity contribution < 1.29 is 19.0 Å². The molecule has 0 spiro atoms. The van der Waals surface area contributed by atoms with Crippen LogP contribution in [0.15, 0.2) is 36.4 Å². The number of benzene rings is 2. The topological polar surface area (TPSA) is 48.0 Å². The zero-order chi connectivity index (χ0) is 18.4. The van der Waals surface area contributed by atoms with Crippen LogP contribution in [0.5, 0.6) is 17.2 Å². The molecule has 0 fully saturated rings. The molecule has 1 amide bonds. The van der Waals surface area contributed by atoms with E-state index >= 15 is 0 Å². The van der Waals surface area contributed by atoms with Gasteiger partial charge >= 0.3 is 0 Å². The summed E-state index contributed by atoms with van der Waals surface area (Å²) < 4.78 is 15.8. The predicted octanol–water partition coefficient (Wildman–Crippen LogP) is 3.57. The second-order valence-corrected chi connectivity index (χ2v) is 6.01. The summed E-state index contributed by atoms with van der Waals surface area (Å²) in [6.45, 7) is 0.413. The molecule has 0 aromatic heterocycles. The largest absolute Gasteiger partial charge is 0.496 e. The van der Waals surface area contributed by atoms with Crippen molar-refractivity contribution in [2.45, 2.75) is 13.0 Å². The Hall–Kier alpha value is -2.40. The van der Waals surface area contributed by atoms with Crippen molar-refractivity contribution >= 4 is 17.5 Å². The number of rotatable bonds is 7. The lowest BCUT2D eigenvalue weighted by Gasteiger charge is -2.19. The summed E-state index contributed by atoms with van der Waals surface area (Å²) in [6.07, 6.45) is 0.264. The van der Waals surface area contributed by atoms with E-state index in [0.29, 0.717) is 28.8 Å². The summed E-state index contributed by atoms with van der Waals surface area (Å²) in [4.78, 5) is 14.2. The zero-order valence-electron chi connectivity index (χ0n) is 14.8. The fourth-order valence-corrected chi connectivity index (χ4v) is 2.71. The molecule has 25 heavy (non-hydrogen) atoms. The van der Waals surface area contributed by atoms with Gasteiger partial charge in [-0.1, -0.05) is 17.7 Å². The number of carbonyl (C=O) groups excluding carboxylic acids is 1. The van der Waals surface area contributed by atoms with Gasteiger partial charge in [0.15, 0.2) is 11.5 Å². The highest BCUT2D eigenvalue weighted by molar-refractivity contribution is 6.30. The third-order valence-electron chi connectivity index (χ3n) is 3.88. The maximum Gasteiger partial charge on any atom is 0.227 e. The standard InChI is InChI=1S/C19H22ClNO4/c1-21(12-14-11-15(20)6-8-16(14)23-2)19(22)10-13-5-7-17(24-3)18(9-13)25-4/h5-9,11H,10,12H2,1-4H3. The van der Waals surface area contributed by atoms with Crippen LogP contribution in [-0.4, -0.2) is 39.2 Å². The highest BCUT2D eigenvalue weighted by Crippen LogP contribution is 2.28. The Balaban J connectivity index is 2.09. The molecular formula is C19H22ClNO4. The van der Waals surface area contributed by atoms with Gasteiger partial charge in [-0.05, 0) is 35.9 Å². The molecule has 0 aliphatic rings. The van der Waals surface area contributed by atoms with E-state index in [4.69, 9.17) is 25.8 Å². The molecule has 0 aliphatic heterocycles. The first-order valence-corrected chi connectivity index (χ1v) is 8.13. The van der Waals surface area contributed by atoms with Gasteiger partial charge in [-0.15, -0.1) is 0 Å². The van der Waals surface area contributed by atoms with Gasteiger partial charge in [-0.2, -0.15) is 0 Å². The fourth-order valence-electron chi connectivity index (χ4n) is 2.51. The van der Waals surface area contributed by atoms with E-state index in [1.54, 1.807) is 57.5 Å². The van der Waals surface area contributed by atoms with Crippen molar-refractivity contribution in [3.8, 4) is 17.2 Å². The number of carbonyl (C=O) groups is 1. The number of likely N-dealkylation sites (N-methyl/N-ethyl adjacent to an activating group) is 1. The highest BCUT2D eigenvalue weighted by Gasteiger charge is 2.14. The molecule has 2 rings (SSSR count). The zero-order valence-corrected chi connectivity index (χ0v) is 15.6. The smallest absolute Gasteiger partial charge is 0.227 e. The van der Waals surface area contributed by atoms with Crippen molar-refractivity contribution in [3.05, 3.63) is 52.5 Å². The molecule has 2 aromatic carbocycles. The lowest BCUT2D eigenvalue weighted by atomic mass is 10.1. The van der Waals surface area contributed by atoms with Gasteiger partial charge < -0.3 is 19.1 Å². The number of methoxy groups -OCH3 is 3. The van der Waals surface area contributed by atoms with Crippen LogP contribution in [0, 0.1) is 0 Å². The first-order valence-electron chi connectivity index (χ1n) is 7.75. The summed E-state index contributed by atoms with van der Waals surface area (Å²) in [5.74, 6) is 1.92. The quantitative estimate of drug-likeness (QED) is 0.754. The molecule has 2 aromatic rings. The number of hydrogen-bond acceptors (Lipinski definition) is 4. The molecule has 0 saturated heterocycles. The number of halogens is 1. The van der Waals surface area contributed by atoms with Crippen molar-refractivity contribution in [1.29, 1.82) is 0 Å². The lowest BCUT2D eigenvalue weighted by Crippen LogP contribution is -2.27. The second kappa shape index (κ2) is 8.62. The average molecular weight is 364 g/mol. The van der Waals surface area contributed by atoms with Gasteiger partial charge in [0.2, 0.25) is 5.91 Å². The molecule has 0 bridgehead atoms. The summed E-state index contributed by atoms with van der Waals surface area (Å²) in [5, 5.41) is 0.608. The van der Waals surface area contributed by atoms with Gasteiger partial charge in [-0.25, -0.2) is 0 Å². The fraction of sp³-hybridized carbons (Fsp3) is 0.316. The Labute approximate surface area is 153 Å². The number of hydrogen-bond donors (Lipinski definition) is 0. The summed E-state index contributed by atoms with van der Waals surface area (Å²) in [5.41, 5.74) is 1.71. The van der Waals surface area contributed by atoms with Gasteiger partial charge in [-0.3, -0.25) is 4.79 Å². The molecule has 134 valence electrons. The van der Waals surface area contributed by atoms with Crippen LogP contribution >= 0.6 is 11.6 Å². The third-order valence-corrected chi connectivity index (χ3v) is 4.11. The normalized spacial score (nSPS) is 10.3. The van der Waals surface area contributed by atoms with E-state index in [1.807, 2.05) is 12.1 Å². The molecule has 0 radical (unpaired) electrons. The van der Waals surface area contributed by atoms with Crippen LogP contribution in [-0.2, 0) is 17.8 Å². The lowest BCUT2D eigenvalue weighted by molar-refractivity contribution is -0.129. The van der Waals surface area contributed by atoms with Crippen LogP contribution in [0.2, 0.25) is 5.02 Å². The SMILES string of the molecule is COc1ccc(Cl)cc1CN(C)C(=O)Cc1ccc(OC)c(OC)c1. The number of nitrogens with zero attached hydrogens (tertiary/aromatic N) is 1. The maximum atomic E-state index is 12.5. The monoisotopic (exact) mass is 363 g/mol. The third kappa shape index (κ3) is 4.79. The Bertz CT molecular complexity index is 748. The molecule has 0 atom stereocenters. The van der Waals surface area contributed by atoms with E-state index in [1.165, 1.54) is 0 Å². The van der Waals surface area contributed by atoms with Crippen LogP contribution in [0.1, 0.15) is 11.1 Å². The van der Waals surface area contributed by atoms with Gasteiger partial charge in [0.05, 0.1) is 27.8 Å². The molecule has 0 aliphatic carbocycles. The molecule has 0 unspecified atom stereocenters. The van der Waals surface area contributed by atoms with E-state index in [9.17, 15) is 4.79 Å². The van der Waals surface area contributed by atoms with E-state index in [-0.39, 0.29) is 12.3 Å². The minimum absolute atomic E-state index is 0.0192. The Kier molecular flexibility index (Phi) is 6.53. The molecular weight excluding hydrogens is 342 g/mol. The van der Waals surface area contributed by atoms with Crippen LogP contribution < -0.4 is 14.2 Å². The van der Waals surface area contributed by atoms with E-state index in [2.05, 4.69) is 0 Å². The summed E-state index contributed by atoms with van der Waals surface area (Å²) in [7, 11) is 6.50. The molecule has 0 saturated carbocycles. The molecule has 0 heterocycles. The predicted molar refractivity (Wildman–Crippen MR) is 97.7 cm³/mol. The number of amides is 1. The van der Waals surface area contributed by atoms with Gasteiger partial charge in [0, 0.05) is 24.2 Å². The second-order valence-electron chi connectivity index (χ2n) is 5.57. The Morgan fingerprint density at radius 3 is 2.24 bits per heavy atom. The van der Waals surface area contributed by atoms with E-state index in [0.717, 1.165) is 11.1 Å². The minimum Gasteiger partial charge on any atom is -0.496 e. The van der Waals surface area contributed by atoms with Crippen molar-refractivity contribution in [2.24, 2.45) is 0 Å². The number of ether oxygens (including phenoxy) is 3. The van der Waals surface area contributed by atoms with Crippen LogP contribution in [0.3, 0.4) is 0 Å². The van der Waals surface area contributed by atoms with Gasteiger partial charge in [0.25, 0.3) is 0 Å². The summed E-state index contributed by atoms with van der Waals surface area (Å²) in [6, 6.07) is 10.8. The maximum absolute atomic E-state index is 12.5.